The van der Waals surface area contributed by atoms with Crippen molar-refractivity contribution in [2.75, 3.05) is 5.32 Å². The summed E-state index contributed by atoms with van der Waals surface area (Å²) in [4.78, 5) is 3.92. The van der Waals surface area contributed by atoms with Gasteiger partial charge in [0, 0.05) is 18.3 Å². The van der Waals surface area contributed by atoms with Crippen molar-refractivity contribution in [3.05, 3.63) is 59.1 Å². The zero-order chi connectivity index (χ0) is 11.4. The van der Waals surface area contributed by atoms with Crippen molar-refractivity contribution in [2.45, 2.75) is 6.54 Å². The Kier molecular flexibility index (Phi) is 3.37. The first kappa shape index (κ1) is 10.9. The van der Waals surface area contributed by atoms with Crippen LogP contribution in [0.4, 0.5) is 10.1 Å². The molecule has 0 saturated carbocycles. The van der Waals surface area contributed by atoms with Gasteiger partial charge in [0.1, 0.15) is 5.82 Å². The van der Waals surface area contributed by atoms with Crippen molar-refractivity contribution in [3.63, 3.8) is 0 Å². The number of pyridine rings is 1. The third kappa shape index (κ3) is 2.49. The van der Waals surface area contributed by atoms with Crippen LogP contribution >= 0.6 is 11.6 Å². The molecule has 0 spiro atoms. The molecular weight excluding hydrogens is 227 g/mol. The minimum atomic E-state index is -0.227. The number of hydrogen-bond donors (Lipinski definition) is 1. The Morgan fingerprint density at radius 1 is 1.19 bits per heavy atom. The Morgan fingerprint density at radius 3 is 2.75 bits per heavy atom. The van der Waals surface area contributed by atoms with Gasteiger partial charge in [-0.25, -0.2) is 9.37 Å². The van der Waals surface area contributed by atoms with E-state index in [2.05, 4.69) is 10.3 Å². The Hall–Kier alpha value is -1.61. The minimum absolute atomic E-state index is 0.227. The van der Waals surface area contributed by atoms with Crippen molar-refractivity contribution in [3.8, 4) is 0 Å². The SMILES string of the molecule is Fc1ccccc1CNc1cccnc1Cl. The Bertz CT molecular complexity index is 442. The molecular formula is C12H10ClFN2. The number of hydrogen-bond acceptors (Lipinski definition) is 2. The molecule has 0 bridgehead atoms. The predicted molar refractivity (Wildman–Crippen MR) is 63.0 cm³/mol. The number of anilines is 1. The monoisotopic (exact) mass is 236 g/mol. The van der Waals surface area contributed by atoms with Gasteiger partial charge >= 0.3 is 0 Å². The molecule has 16 heavy (non-hydrogen) atoms. The molecule has 1 heterocycles. The molecule has 2 aromatic rings. The lowest BCUT2D eigenvalue weighted by atomic mass is 10.2. The van der Waals surface area contributed by atoms with Gasteiger partial charge in [0.2, 0.25) is 0 Å². The third-order valence-corrected chi connectivity index (χ3v) is 2.49. The fourth-order valence-corrected chi connectivity index (χ4v) is 1.54. The summed E-state index contributed by atoms with van der Waals surface area (Å²) >= 11 is 5.86. The maximum atomic E-state index is 13.3. The van der Waals surface area contributed by atoms with Crippen LogP contribution in [-0.2, 0) is 6.54 Å². The fourth-order valence-electron chi connectivity index (χ4n) is 1.35. The highest BCUT2D eigenvalue weighted by atomic mass is 35.5. The van der Waals surface area contributed by atoms with Gasteiger partial charge in [-0.2, -0.15) is 0 Å². The third-order valence-electron chi connectivity index (χ3n) is 2.19. The van der Waals surface area contributed by atoms with E-state index in [0.717, 1.165) is 0 Å². The molecule has 2 nitrogen and oxygen atoms in total. The highest BCUT2D eigenvalue weighted by Crippen LogP contribution is 2.18. The molecule has 0 radical (unpaired) electrons. The molecule has 0 aliphatic rings. The number of nitrogens with one attached hydrogen (secondary N) is 1. The van der Waals surface area contributed by atoms with E-state index in [1.54, 1.807) is 36.5 Å². The number of benzene rings is 1. The maximum absolute atomic E-state index is 13.3. The summed E-state index contributed by atoms with van der Waals surface area (Å²) < 4.78 is 13.3. The average Bonchev–Trinajstić information content (AvgIpc) is 2.30. The standard InChI is InChI=1S/C12H10ClFN2/c13-12-11(6-3-7-15-12)16-8-9-4-1-2-5-10(9)14/h1-7,16H,8H2. The lowest BCUT2D eigenvalue weighted by Crippen LogP contribution is -2.02. The van der Waals surface area contributed by atoms with Crippen molar-refractivity contribution >= 4 is 17.3 Å². The van der Waals surface area contributed by atoms with E-state index in [9.17, 15) is 4.39 Å². The largest absolute Gasteiger partial charge is 0.378 e. The lowest BCUT2D eigenvalue weighted by Gasteiger charge is -2.07. The number of halogens is 2. The molecule has 0 atom stereocenters. The molecule has 0 saturated heterocycles. The predicted octanol–water partition coefficient (Wildman–Crippen LogP) is 3.49. The summed E-state index contributed by atoms with van der Waals surface area (Å²) in [6.07, 6.45) is 1.61. The Morgan fingerprint density at radius 2 is 2.00 bits per heavy atom. The van der Waals surface area contributed by atoms with E-state index in [1.165, 1.54) is 6.07 Å². The minimum Gasteiger partial charge on any atom is -0.378 e. The summed E-state index contributed by atoms with van der Waals surface area (Å²) in [6.45, 7) is 0.387. The van der Waals surface area contributed by atoms with Crippen molar-refractivity contribution in [1.29, 1.82) is 0 Å². The quantitative estimate of drug-likeness (QED) is 0.826. The summed E-state index contributed by atoms with van der Waals surface area (Å²) in [5.41, 5.74) is 1.30. The van der Waals surface area contributed by atoms with Gasteiger partial charge in [-0.15, -0.1) is 0 Å². The Labute approximate surface area is 98.1 Å². The molecule has 0 amide bonds. The van der Waals surface area contributed by atoms with Crippen molar-refractivity contribution in [1.82, 2.24) is 4.98 Å². The summed E-state index contributed by atoms with van der Waals surface area (Å²) in [5, 5.41) is 3.42. The van der Waals surface area contributed by atoms with E-state index in [-0.39, 0.29) is 5.82 Å². The maximum Gasteiger partial charge on any atom is 0.152 e. The molecule has 0 aliphatic carbocycles. The van der Waals surface area contributed by atoms with Gasteiger partial charge in [-0.1, -0.05) is 29.8 Å². The summed E-state index contributed by atoms with van der Waals surface area (Å²) in [5.74, 6) is -0.227. The highest BCUT2D eigenvalue weighted by Gasteiger charge is 2.02. The molecule has 1 aromatic carbocycles. The van der Waals surface area contributed by atoms with Crippen LogP contribution in [0, 0.1) is 5.82 Å². The summed E-state index contributed by atoms with van der Waals surface area (Å²) in [7, 11) is 0. The average molecular weight is 237 g/mol. The van der Waals surface area contributed by atoms with Gasteiger partial charge in [0.15, 0.2) is 5.15 Å². The van der Waals surface area contributed by atoms with Crippen LogP contribution in [0.2, 0.25) is 5.15 Å². The number of rotatable bonds is 3. The van der Waals surface area contributed by atoms with E-state index >= 15 is 0 Å². The first-order valence-electron chi connectivity index (χ1n) is 4.85. The number of nitrogens with zero attached hydrogens (tertiary/aromatic N) is 1. The molecule has 2 rings (SSSR count). The smallest absolute Gasteiger partial charge is 0.152 e. The first-order valence-corrected chi connectivity index (χ1v) is 5.23. The summed E-state index contributed by atoms with van der Waals surface area (Å²) in [6, 6.07) is 10.2. The van der Waals surface area contributed by atoms with Crippen LogP contribution in [0.25, 0.3) is 0 Å². The van der Waals surface area contributed by atoms with E-state index in [4.69, 9.17) is 11.6 Å². The second-order valence-corrected chi connectivity index (χ2v) is 3.64. The van der Waals surface area contributed by atoms with Crippen LogP contribution in [0.3, 0.4) is 0 Å². The van der Waals surface area contributed by atoms with Crippen molar-refractivity contribution in [2.24, 2.45) is 0 Å². The van der Waals surface area contributed by atoms with Crippen LogP contribution in [0.1, 0.15) is 5.56 Å². The fraction of sp³-hybridized carbons (Fsp3) is 0.0833. The molecule has 0 unspecified atom stereocenters. The molecule has 1 N–H and O–H groups in total. The molecule has 0 fully saturated rings. The highest BCUT2D eigenvalue weighted by molar-refractivity contribution is 6.31. The molecule has 82 valence electrons. The van der Waals surface area contributed by atoms with E-state index in [0.29, 0.717) is 22.9 Å². The van der Waals surface area contributed by atoms with Crippen LogP contribution in [-0.4, -0.2) is 4.98 Å². The molecule has 0 aliphatic heterocycles. The van der Waals surface area contributed by atoms with E-state index < -0.39 is 0 Å². The Balaban J connectivity index is 2.09. The van der Waals surface area contributed by atoms with Gasteiger partial charge in [0.05, 0.1) is 5.69 Å². The van der Waals surface area contributed by atoms with Crippen LogP contribution in [0.5, 0.6) is 0 Å². The lowest BCUT2D eigenvalue weighted by molar-refractivity contribution is 0.613. The zero-order valence-corrected chi connectivity index (χ0v) is 9.21. The topological polar surface area (TPSA) is 24.9 Å². The first-order chi connectivity index (χ1) is 7.77. The second kappa shape index (κ2) is 4.94. The van der Waals surface area contributed by atoms with Gasteiger partial charge < -0.3 is 5.32 Å². The number of aromatic nitrogens is 1. The van der Waals surface area contributed by atoms with Gasteiger partial charge in [-0.05, 0) is 18.2 Å². The zero-order valence-electron chi connectivity index (χ0n) is 8.45. The van der Waals surface area contributed by atoms with Gasteiger partial charge in [0.25, 0.3) is 0 Å². The second-order valence-electron chi connectivity index (χ2n) is 3.29. The van der Waals surface area contributed by atoms with E-state index in [1.807, 2.05) is 0 Å². The normalized spacial score (nSPS) is 10.1. The van der Waals surface area contributed by atoms with Crippen LogP contribution < -0.4 is 5.32 Å². The molecule has 4 heteroatoms. The van der Waals surface area contributed by atoms with Crippen LogP contribution in [0.15, 0.2) is 42.6 Å². The van der Waals surface area contributed by atoms with Crippen molar-refractivity contribution < 1.29 is 4.39 Å². The van der Waals surface area contributed by atoms with Gasteiger partial charge in [-0.3, -0.25) is 0 Å². The molecule has 1 aromatic heterocycles.